The van der Waals surface area contributed by atoms with Crippen molar-refractivity contribution in [3.05, 3.63) is 35.4 Å². The molecule has 1 heterocycles. The Bertz CT molecular complexity index is 707. The Labute approximate surface area is 128 Å². The minimum atomic E-state index is -0.297. The van der Waals surface area contributed by atoms with E-state index in [1.807, 2.05) is 24.3 Å². The van der Waals surface area contributed by atoms with E-state index >= 15 is 0 Å². The van der Waals surface area contributed by atoms with Crippen molar-refractivity contribution < 1.29 is 9.53 Å². The van der Waals surface area contributed by atoms with Crippen molar-refractivity contribution >= 4 is 28.6 Å². The number of aryl methyl sites for hydroxylation is 1. The maximum atomic E-state index is 11.4. The van der Waals surface area contributed by atoms with Crippen LogP contribution in [0.1, 0.15) is 25.0 Å². The molecule has 2 rings (SSSR count). The van der Waals surface area contributed by atoms with E-state index in [9.17, 15) is 10.1 Å². The lowest BCUT2D eigenvalue weighted by Crippen LogP contribution is -2.07. The van der Waals surface area contributed by atoms with Gasteiger partial charge in [0.15, 0.2) is 0 Å². The Morgan fingerprint density at radius 1 is 1.38 bits per heavy atom. The number of hydrogen-bond acceptors (Lipinski definition) is 5. The number of nitriles is 1. The van der Waals surface area contributed by atoms with Crippen LogP contribution in [-0.4, -0.2) is 23.3 Å². The summed E-state index contributed by atoms with van der Waals surface area (Å²) in [5.41, 5.74) is 2.53. The van der Waals surface area contributed by atoms with Gasteiger partial charge >= 0.3 is 5.97 Å². The molecule has 0 aliphatic rings. The number of esters is 1. The minimum Gasteiger partial charge on any atom is -0.465 e. The Balaban J connectivity index is 2.31. The molecule has 0 saturated carbocycles. The highest BCUT2D eigenvalue weighted by Gasteiger charge is 2.11. The van der Waals surface area contributed by atoms with Crippen LogP contribution in [0.25, 0.3) is 10.9 Å². The molecule has 1 aromatic heterocycles. The second kappa shape index (κ2) is 7.09. The van der Waals surface area contributed by atoms with E-state index in [0.717, 1.165) is 17.3 Å². The van der Waals surface area contributed by atoms with Crippen molar-refractivity contribution in [2.24, 2.45) is 0 Å². The van der Waals surface area contributed by atoms with Gasteiger partial charge in [0.2, 0.25) is 0 Å². The van der Waals surface area contributed by atoms with E-state index in [-0.39, 0.29) is 11.7 Å². The predicted octanol–water partition coefficient (Wildman–Crippen LogP) is 3.32. The number of rotatable bonds is 5. The summed E-state index contributed by atoms with van der Waals surface area (Å²) >= 11 is 1.24. The lowest BCUT2D eigenvalue weighted by molar-refractivity contribution is -0.139. The smallest absolute Gasteiger partial charge is 0.316 e. The highest BCUT2D eigenvalue weighted by Crippen LogP contribution is 2.25. The molecule has 0 atom stereocenters. The third kappa shape index (κ3) is 3.73. The van der Waals surface area contributed by atoms with Crippen LogP contribution in [0.2, 0.25) is 0 Å². The second-order valence-electron chi connectivity index (χ2n) is 4.43. The molecule has 0 N–H and O–H groups in total. The fourth-order valence-electron chi connectivity index (χ4n) is 1.95. The van der Waals surface area contributed by atoms with Crippen molar-refractivity contribution in [3.8, 4) is 6.07 Å². The van der Waals surface area contributed by atoms with Crippen LogP contribution < -0.4 is 0 Å². The Hall–Kier alpha value is -2.06. The number of carbonyl (C=O) groups excluding carboxylic acids is 1. The lowest BCUT2D eigenvalue weighted by Gasteiger charge is -2.06. The van der Waals surface area contributed by atoms with Gasteiger partial charge in [-0.3, -0.25) is 4.79 Å². The van der Waals surface area contributed by atoms with Crippen LogP contribution in [0, 0.1) is 11.3 Å². The summed E-state index contributed by atoms with van der Waals surface area (Å²) in [7, 11) is 0. The number of pyridine rings is 1. The van der Waals surface area contributed by atoms with Crippen LogP contribution in [-0.2, 0) is 16.0 Å². The van der Waals surface area contributed by atoms with Crippen molar-refractivity contribution in [1.82, 2.24) is 4.98 Å². The molecule has 0 aliphatic carbocycles. The molecule has 0 bridgehead atoms. The standard InChI is InChI=1S/C16H16N2O2S/c1-3-11-5-6-14-12(7-11)8-13(9-17)16(18-14)21-10-15(19)20-4-2/h5-8H,3-4,10H2,1-2H3. The molecule has 1 aromatic carbocycles. The summed E-state index contributed by atoms with van der Waals surface area (Å²) in [6.07, 6.45) is 0.942. The molecule has 5 heteroatoms. The van der Waals surface area contributed by atoms with Crippen molar-refractivity contribution in [2.75, 3.05) is 12.4 Å². The average Bonchev–Trinajstić information content (AvgIpc) is 2.51. The Morgan fingerprint density at radius 2 is 2.19 bits per heavy atom. The van der Waals surface area contributed by atoms with E-state index in [4.69, 9.17) is 4.74 Å². The third-order valence-electron chi connectivity index (χ3n) is 3.00. The quantitative estimate of drug-likeness (QED) is 0.626. The van der Waals surface area contributed by atoms with Crippen molar-refractivity contribution in [1.29, 1.82) is 5.26 Å². The van der Waals surface area contributed by atoms with E-state index in [1.165, 1.54) is 17.3 Å². The van der Waals surface area contributed by atoms with Crippen LogP contribution in [0.3, 0.4) is 0 Å². The first-order valence-electron chi connectivity index (χ1n) is 6.80. The molecule has 0 saturated heterocycles. The zero-order valence-electron chi connectivity index (χ0n) is 12.0. The van der Waals surface area contributed by atoms with Crippen LogP contribution >= 0.6 is 11.8 Å². The van der Waals surface area contributed by atoms with Crippen molar-refractivity contribution in [3.63, 3.8) is 0 Å². The second-order valence-corrected chi connectivity index (χ2v) is 5.39. The van der Waals surface area contributed by atoms with E-state index < -0.39 is 0 Å². The maximum Gasteiger partial charge on any atom is 0.316 e. The van der Waals surface area contributed by atoms with Crippen LogP contribution in [0.15, 0.2) is 29.3 Å². The van der Waals surface area contributed by atoms with Gasteiger partial charge in [-0.2, -0.15) is 5.26 Å². The number of thioether (sulfide) groups is 1. The van der Waals surface area contributed by atoms with E-state index in [2.05, 4.69) is 18.0 Å². The minimum absolute atomic E-state index is 0.161. The van der Waals surface area contributed by atoms with Gasteiger partial charge in [0, 0.05) is 5.39 Å². The largest absolute Gasteiger partial charge is 0.465 e. The molecule has 108 valence electrons. The van der Waals surface area contributed by atoms with Gasteiger partial charge in [-0.1, -0.05) is 24.8 Å². The normalized spacial score (nSPS) is 10.3. The molecule has 4 nitrogen and oxygen atoms in total. The summed E-state index contributed by atoms with van der Waals surface area (Å²) in [4.78, 5) is 15.9. The summed E-state index contributed by atoms with van der Waals surface area (Å²) in [5.74, 6) is -0.136. The fraction of sp³-hybridized carbons (Fsp3) is 0.312. The monoisotopic (exact) mass is 300 g/mol. The van der Waals surface area contributed by atoms with Crippen LogP contribution in [0.4, 0.5) is 0 Å². The number of carbonyl (C=O) groups is 1. The SMILES string of the molecule is CCOC(=O)CSc1nc2ccc(CC)cc2cc1C#N. The van der Waals surface area contributed by atoms with Gasteiger partial charge in [-0.15, -0.1) is 0 Å². The van der Waals surface area contributed by atoms with Gasteiger partial charge < -0.3 is 4.74 Å². The first kappa shape index (κ1) is 15.3. The predicted molar refractivity (Wildman–Crippen MR) is 83.2 cm³/mol. The molecule has 0 unspecified atom stereocenters. The highest BCUT2D eigenvalue weighted by molar-refractivity contribution is 7.99. The molecule has 21 heavy (non-hydrogen) atoms. The summed E-state index contributed by atoms with van der Waals surface area (Å²) in [6.45, 7) is 4.21. The zero-order valence-corrected chi connectivity index (χ0v) is 12.9. The number of fused-ring (bicyclic) bond motifs is 1. The summed E-state index contributed by atoms with van der Waals surface area (Å²) in [6, 6.07) is 10.00. The molecule has 0 amide bonds. The first-order chi connectivity index (χ1) is 10.2. The molecule has 0 fully saturated rings. The molecular formula is C16H16N2O2S. The fourth-order valence-corrected chi connectivity index (χ4v) is 2.71. The molecule has 0 radical (unpaired) electrons. The van der Waals surface area contributed by atoms with Gasteiger partial charge in [0.05, 0.1) is 23.4 Å². The molecular weight excluding hydrogens is 284 g/mol. The lowest BCUT2D eigenvalue weighted by atomic mass is 10.1. The average molecular weight is 300 g/mol. The summed E-state index contributed by atoms with van der Waals surface area (Å²) in [5, 5.41) is 10.8. The number of nitrogens with zero attached hydrogens (tertiary/aromatic N) is 2. The maximum absolute atomic E-state index is 11.4. The van der Waals surface area contributed by atoms with Crippen LogP contribution in [0.5, 0.6) is 0 Å². The number of aromatic nitrogens is 1. The van der Waals surface area contributed by atoms with Gasteiger partial charge in [-0.05, 0) is 37.1 Å². The summed E-state index contributed by atoms with van der Waals surface area (Å²) < 4.78 is 4.88. The first-order valence-corrected chi connectivity index (χ1v) is 7.78. The number of hydrogen-bond donors (Lipinski definition) is 0. The molecule has 2 aromatic rings. The Kier molecular flexibility index (Phi) is 5.18. The zero-order chi connectivity index (χ0) is 15.2. The van der Waals surface area contributed by atoms with Gasteiger partial charge in [-0.25, -0.2) is 4.98 Å². The van der Waals surface area contributed by atoms with Gasteiger partial charge in [0.25, 0.3) is 0 Å². The van der Waals surface area contributed by atoms with E-state index in [0.29, 0.717) is 17.2 Å². The third-order valence-corrected chi connectivity index (χ3v) is 3.97. The van der Waals surface area contributed by atoms with Gasteiger partial charge in [0.1, 0.15) is 11.1 Å². The van der Waals surface area contributed by atoms with E-state index in [1.54, 1.807) is 6.92 Å². The number of ether oxygens (including phenoxy) is 1. The van der Waals surface area contributed by atoms with Crippen molar-refractivity contribution in [2.45, 2.75) is 25.3 Å². The molecule has 0 spiro atoms. The Morgan fingerprint density at radius 3 is 2.86 bits per heavy atom. The topological polar surface area (TPSA) is 63.0 Å². The molecule has 0 aliphatic heterocycles. The number of benzene rings is 1. The highest BCUT2D eigenvalue weighted by atomic mass is 32.2.